The van der Waals surface area contributed by atoms with Gasteiger partial charge in [-0.25, -0.2) is 8.42 Å². The number of rotatable bonds is 6. The standard InChI is InChI=1S/C14H11Cl2NO4S2/c15-9-14(22-12-3-1-2-11(8-12)17(18)19)23(20,21)13-6-4-10(16)5-7-13/h1-8,14H,9H2. The van der Waals surface area contributed by atoms with E-state index >= 15 is 0 Å². The molecular formula is C14H11Cl2NO4S2. The highest BCUT2D eigenvalue weighted by atomic mass is 35.5. The number of nitro groups is 1. The Hall–Kier alpha value is -1.28. The van der Waals surface area contributed by atoms with Gasteiger partial charge in [0.25, 0.3) is 5.69 Å². The molecule has 1 unspecified atom stereocenters. The number of halogens is 2. The van der Waals surface area contributed by atoms with Gasteiger partial charge in [0.1, 0.15) is 4.58 Å². The Bertz CT molecular complexity index is 810. The number of benzene rings is 2. The minimum Gasteiger partial charge on any atom is -0.258 e. The quantitative estimate of drug-likeness (QED) is 0.316. The molecule has 0 N–H and O–H groups in total. The fraction of sp³-hybridized carbons (Fsp3) is 0.143. The maximum absolute atomic E-state index is 12.6. The molecular weight excluding hydrogens is 381 g/mol. The predicted molar refractivity (Wildman–Crippen MR) is 92.1 cm³/mol. The normalized spacial score (nSPS) is 12.8. The molecule has 5 nitrogen and oxygen atoms in total. The first-order valence-corrected chi connectivity index (χ1v) is 9.65. The van der Waals surface area contributed by atoms with Crippen LogP contribution in [0, 0.1) is 10.1 Å². The van der Waals surface area contributed by atoms with Crippen LogP contribution in [0.4, 0.5) is 5.69 Å². The van der Waals surface area contributed by atoms with E-state index in [4.69, 9.17) is 23.2 Å². The lowest BCUT2D eigenvalue weighted by Crippen LogP contribution is -2.19. The van der Waals surface area contributed by atoms with Crippen molar-refractivity contribution in [3.05, 3.63) is 63.7 Å². The Labute approximate surface area is 147 Å². The minimum absolute atomic E-state index is 0.102. The van der Waals surface area contributed by atoms with Gasteiger partial charge in [-0.15, -0.1) is 23.4 Å². The molecule has 0 aliphatic rings. The molecule has 0 aliphatic heterocycles. The summed E-state index contributed by atoms with van der Waals surface area (Å²) in [4.78, 5) is 10.8. The van der Waals surface area contributed by atoms with Crippen LogP contribution < -0.4 is 0 Å². The molecule has 1 atom stereocenters. The molecule has 0 bridgehead atoms. The number of non-ortho nitro benzene ring substituents is 1. The number of sulfone groups is 1. The summed E-state index contributed by atoms with van der Waals surface area (Å²) in [7, 11) is -3.70. The second-order valence-electron chi connectivity index (χ2n) is 4.46. The predicted octanol–water partition coefficient (Wildman–Crippen LogP) is 4.38. The lowest BCUT2D eigenvalue weighted by molar-refractivity contribution is -0.385. The number of hydrogen-bond acceptors (Lipinski definition) is 5. The number of nitro benzene ring substituents is 1. The Balaban J connectivity index is 2.30. The fourth-order valence-electron chi connectivity index (χ4n) is 1.78. The van der Waals surface area contributed by atoms with Crippen LogP contribution in [0.3, 0.4) is 0 Å². The van der Waals surface area contributed by atoms with E-state index in [1.165, 1.54) is 42.5 Å². The third-order valence-electron chi connectivity index (χ3n) is 2.91. The Kier molecular flexibility index (Phi) is 5.91. The highest BCUT2D eigenvalue weighted by Crippen LogP contribution is 2.33. The van der Waals surface area contributed by atoms with Gasteiger partial charge in [-0.1, -0.05) is 17.7 Å². The first-order chi connectivity index (χ1) is 10.8. The number of alkyl halides is 1. The van der Waals surface area contributed by atoms with Gasteiger partial charge >= 0.3 is 0 Å². The van der Waals surface area contributed by atoms with Crippen LogP contribution in [0.15, 0.2) is 58.3 Å². The Morgan fingerprint density at radius 2 is 1.83 bits per heavy atom. The average Bonchev–Trinajstić information content (AvgIpc) is 2.53. The second kappa shape index (κ2) is 7.53. The molecule has 0 spiro atoms. The first-order valence-electron chi connectivity index (χ1n) is 6.31. The lowest BCUT2D eigenvalue weighted by Gasteiger charge is -2.15. The third-order valence-corrected chi connectivity index (χ3v) is 7.63. The molecule has 0 amide bonds. The molecule has 23 heavy (non-hydrogen) atoms. The van der Waals surface area contributed by atoms with E-state index < -0.39 is 19.3 Å². The van der Waals surface area contributed by atoms with E-state index in [0.717, 1.165) is 11.8 Å². The molecule has 0 saturated carbocycles. The zero-order chi connectivity index (χ0) is 17.0. The summed E-state index contributed by atoms with van der Waals surface area (Å²) in [6.45, 7) is 0. The van der Waals surface area contributed by atoms with E-state index in [9.17, 15) is 18.5 Å². The third kappa shape index (κ3) is 4.38. The van der Waals surface area contributed by atoms with Crippen LogP contribution in [0.1, 0.15) is 0 Å². The second-order valence-corrected chi connectivity index (χ2v) is 8.91. The van der Waals surface area contributed by atoms with Crippen molar-refractivity contribution in [3.63, 3.8) is 0 Å². The molecule has 0 aromatic heterocycles. The molecule has 0 saturated heterocycles. The molecule has 2 aromatic carbocycles. The summed E-state index contributed by atoms with van der Waals surface area (Å²) in [6.07, 6.45) is 0. The van der Waals surface area contributed by atoms with E-state index in [-0.39, 0.29) is 16.5 Å². The SMILES string of the molecule is O=[N+]([O-])c1cccc(SC(CCl)S(=O)(=O)c2ccc(Cl)cc2)c1. The van der Waals surface area contributed by atoms with E-state index in [1.807, 2.05) is 0 Å². The molecule has 9 heteroatoms. The van der Waals surface area contributed by atoms with Gasteiger partial charge in [0.15, 0.2) is 9.84 Å². The number of nitrogens with zero attached hydrogens (tertiary/aromatic N) is 1. The van der Waals surface area contributed by atoms with Crippen LogP contribution in [0.5, 0.6) is 0 Å². The van der Waals surface area contributed by atoms with Crippen LogP contribution in [0.2, 0.25) is 5.02 Å². The van der Waals surface area contributed by atoms with Crippen molar-refractivity contribution in [1.82, 2.24) is 0 Å². The summed E-state index contributed by atoms with van der Waals surface area (Å²) in [5.41, 5.74) is -0.104. The van der Waals surface area contributed by atoms with Crippen molar-refractivity contribution in [1.29, 1.82) is 0 Å². The van der Waals surface area contributed by atoms with Crippen LogP contribution >= 0.6 is 35.0 Å². The van der Waals surface area contributed by atoms with Gasteiger partial charge < -0.3 is 0 Å². The zero-order valence-electron chi connectivity index (χ0n) is 11.6. The van der Waals surface area contributed by atoms with Gasteiger partial charge in [0.05, 0.1) is 9.82 Å². The van der Waals surface area contributed by atoms with Gasteiger partial charge in [-0.3, -0.25) is 10.1 Å². The lowest BCUT2D eigenvalue weighted by atomic mass is 10.3. The number of hydrogen-bond donors (Lipinski definition) is 0. The van der Waals surface area contributed by atoms with Crippen molar-refractivity contribution >= 4 is 50.5 Å². The van der Waals surface area contributed by atoms with Gasteiger partial charge in [-0.05, 0) is 30.3 Å². The van der Waals surface area contributed by atoms with Crippen molar-refractivity contribution in [3.8, 4) is 0 Å². The zero-order valence-corrected chi connectivity index (χ0v) is 14.7. The summed E-state index contributed by atoms with van der Waals surface area (Å²) in [6, 6.07) is 11.6. The van der Waals surface area contributed by atoms with Gasteiger partial charge in [0, 0.05) is 27.9 Å². The van der Waals surface area contributed by atoms with Crippen LogP contribution in [-0.4, -0.2) is 23.8 Å². The van der Waals surface area contributed by atoms with Crippen molar-refractivity contribution in [2.24, 2.45) is 0 Å². The maximum Gasteiger partial charge on any atom is 0.270 e. The fourth-order valence-corrected chi connectivity index (χ4v) is 5.46. The molecule has 0 radical (unpaired) electrons. The summed E-state index contributed by atoms with van der Waals surface area (Å²) in [5.74, 6) is -0.154. The van der Waals surface area contributed by atoms with E-state index in [2.05, 4.69) is 0 Å². The smallest absolute Gasteiger partial charge is 0.258 e. The summed E-state index contributed by atoms with van der Waals surface area (Å²) < 4.78 is 24.3. The van der Waals surface area contributed by atoms with Crippen LogP contribution in [-0.2, 0) is 9.84 Å². The summed E-state index contributed by atoms with van der Waals surface area (Å²) in [5, 5.41) is 11.2. The Morgan fingerprint density at radius 1 is 1.17 bits per heavy atom. The highest BCUT2D eigenvalue weighted by Gasteiger charge is 2.28. The highest BCUT2D eigenvalue weighted by molar-refractivity contribution is 8.13. The van der Waals surface area contributed by atoms with Crippen molar-refractivity contribution < 1.29 is 13.3 Å². The summed E-state index contributed by atoms with van der Waals surface area (Å²) >= 11 is 12.6. The molecule has 0 fully saturated rings. The van der Waals surface area contributed by atoms with Crippen LogP contribution in [0.25, 0.3) is 0 Å². The molecule has 0 heterocycles. The maximum atomic E-state index is 12.6. The molecule has 0 aliphatic carbocycles. The molecule has 2 rings (SSSR count). The Morgan fingerprint density at radius 3 is 2.39 bits per heavy atom. The van der Waals surface area contributed by atoms with Crippen molar-refractivity contribution in [2.45, 2.75) is 14.4 Å². The first kappa shape index (κ1) is 18.1. The van der Waals surface area contributed by atoms with Crippen molar-refractivity contribution in [2.75, 3.05) is 5.88 Å². The molecule has 2 aromatic rings. The van der Waals surface area contributed by atoms with E-state index in [0.29, 0.717) is 9.92 Å². The monoisotopic (exact) mass is 391 g/mol. The van der Waals surface area contributed by atoms with Gasteiger partial charge in [-0.2, -0.15) is 0 Å². The molecule has 122 valence electrons. The van der Waals surface area contributed by atoms with E-state index in [1.54, 1.807) is 6.07 Å². The van der Waals surface area contributed by atoms with Gasteiger partial charge in [0.2, 0.25) is 0 Å². The average molecular weight is 392 g/mol. The topological polar surface area (TPSA) is 77.3 Å². The largest absolute Gasteiger partial charge is 0.270 e. The number of thioether (sulfide) groups is 1. The minimum atomic E-state index is -3.70.